The van der Waals surface area contributed by atoms with Gasteiger partial charge in [-0.25, -0.2) is 4.98 Å². The molecule has 0 bridgehead atoms. The van der Waals surface area contributed by atoms with E-state index in [-0.39, 0.29) is 5.25 Å². The fraction of sp³-hybridized carbons (Fsp3) is 0.667. The molecule has 2 N–H and O–H groups in total. The first-order valence-electron chi connectivity index (χ1n) is 4.66. The summed E-state index contributed by atoms with van der Waals surface area (Å²) >= 11 is 0. The first kappa shape index (κ1) is 11.4. The number of nitrogens with two attached hydrogens (primary N) is 1. The third kappa shape index (κ3) is 2.92. The smallest absolute Gasteiger partial charge is 0.0948 e. The number of hydrogen-bond donors (Lipinski definition) is 1. The van der Waals surface area contributed by atoms with Crippen molar-refractivity contribution in [3.63, 3.8) is 0 Å². The number of nitrogens with zero attached hydrogens (tertiary/aromatic N) is 2. The minimum Gasteiger partial charge on any atom is -0.333 e. The van der Waals surface area contributed by atoms with Crippen LogP contribution in [0.5, 0.6) is 0 Å². The van der Waals surface area contributed by atoms with Crippen molar-refractivity contribution in [1.82, 2.24) is 9.55 Å². The third-order valence-corrected chi connectivity index (χ3v) is 3.50. The van der Waals surface area contributed by atoms with E-state index in [1.165, 1.54) is 0 Å². The van der Waals surface area contributed by atoms with Crippen molar-refractivity contribution < 1.29 is 4.21 Å². The molecule has 0 fully saturated rings. The van der Waals surface area contributed by atoms with Crippen LogP contribution in [-0.4, -0.2) is 31.8 Å². The molecule has 5 heteroatoms. The van der Waals surface area contributed by atoms with Gasteiger partial charge in [0, 0.05) is 47.2 Å². The van der Waals surface area contributed by atoms with Crippen LogP contribution in [-0.2, 0) is 23.8 Å². The Balaban J connectivity index is 2.66. The summed E-state index contributed by atoms with van der Waals surface area (Å²) in [5.41, 5.74) is 6.59. The maximum Gasteiger partial charge on any atom is 0.0948 e. The highest BCUT2D eigenvalue weighted by atomic mass is 32.2. The highest BCUT2D eigenvalue weighted by Gasteiger charge is 2.09. The lowest BCUT2D eigenvalue weighted by atomic mass is 10.3. The van der Waals surface area contributed by atoms with Gasteiger partial charge in [-0.1, -0.05) is 0 Å². The molecule has 0 saturated heterocycles. The van der Waals surface area contributed by atoms with Gasteiger partial charge in [-0.2, -0.15) is 0 Å². The number of imidazole rings is 1. The Labute approximate surface area is 87.0 Å². The fourth-order valence-corrected chi connectivity index (χ4v) is 1.62. The molecular formula is C9H17N3OS. The minimum absolute atomic E-state index is 0.153. The molecule has 1 rings (SSSR count). The van der Waals surface area contributed by atoms with Crippen molar-refractivity contribution in [1.29, 1.82) is 0 Å². The second-order valence-corrected chi connectivity index (χ2v) is 5.19. The van der Waals surface area contributed by atoms with Crippen LogP contribution >= 0.6 is 0 Å². The van der Waals surface area contributed by atoms with Gasteiger partial charge in [0.1, 0.15) is 0 Å². The van der Waals surface area contributed by atoms with Gasteiger partial charge < -0.3 is 10.3 Å². The normalized spacial score (nSPS) is 15.4. The van der Waals surface area contributed by atoms with Gasteiger partial charge in [-0.3, -0.25) is 4.21 Å². The summed E-state index contributed by atoms with van der Waals surface area (Å²) in [4.78, 5) is 4.06. The minimum atomic E-state index is -0.787. The van der Waals surface area contributed by atoms with E-state index < -0.39 is 10.8 Å². The van der Waals surface area contributed by atoms with E-state index in [1.54, 1.807) is 12.6 Å². The molecule has 14 heavy (non-hydrogen) atoms. The van der Waals surface area contributed by atoms with E-state index in [9.17, 15) is 4.21 Å². The maximum atomic E-state index is 11.2. The van der Waals surface area contributed by atoms with E-state index in [4.69, 9.17) is 5.73 Å². The van der Waals surface area contributed by atoms with E-state index >= 15 is 0 Å². The molecule has 0 aromatic carbocycles. The Bertz CT molecular complexity index is 311. The summed E-state index contributed by atoms with van der Waals surface area (Å²) in [5, 5.41) is 0.153. The Kier molecular flexibility index (Phi) is 4.28. The molecule has 0 aliphatic carbocycles. The Hall–Kier alpha value is -0.680. The van der Waals surface area contributed by atoms with Gasteiger partial charge in [-0.15, -0.1) is 0 Å². The topological polar surface area (TPSA) is 60.9 Å². The lowest BCUT2D eigenvalue weighted by molar-refractivity contribution is 0.626. The summed E-state index contributed by atoms with van der Waals surface area (Å²) in [6.45, 7) is 3.34. The van der Waals surface area contributed by atoms with Crippen molar-refractivity contribution in [2.75, 3.05) is 12.8 Å². The van der Waals surface area contributed by atoms with Crippen LogP contribution < -0.4 is 5.73 Å². The van der Waals surface area contributed by atoms with Crippen molar-refractivity contribution in [3.05, 3.63) is 18.2 Å². The molecule has 0 saturated carbocycles. The Morgan fingerprint density at radius 1 is 1.71 bits per heavy atom. The molecule has 2 unspecified atom stereocenters. The predicted octanol–water partition coefficient (Wildman–Crippen LogP) is 0.151. The summed E-state index contributed by atoms with van der Waals surface area (Å²) in [5.74, 6) is 0. The molecule has 4 nitrogen and oxygen atoms in total. The van der Waals surface area contributed by atoms with E-state index in [1.807, 2.05) is 17.7 Å². The van der Waals surface area contributed by atoms with Gasteiger partial charge in [0.2, 0.25) is 0 Å². The molecule has 1 heterocycles. The summed E-state index contributed by atoms with van der Waals surface area (Å²) in [6.07, 6.45) is 6.14. The van der Waals surface area contributed by atoms with E-state index in [0.29, 0.717) is 6.54 Å². The fourth-order valence-electron chi connectivity index (χ4n) is 1.25. The van der Waals surface area contributed by atoms with Crippen LogP contribution in [0, 0.1) is 0 Å². The van der Waals surface area contributed by atoms with Crippen molar-refractivity contribution in [3.8, 4) is 0 Å². The first-order valence-corrected chi connectivity index (χ1v) is 6.28. The summed E-state index contributed by atoms with van der Waals surface area (Å²) in [6, 6.07) is 0. The van der Waals surface area contributed by atoms with Crippen molar-refractivity contribution >= 4 is 10.8 Å². The number of hydrogen-bond acceptors (Lipinski definition) is 3. The van der Waals surface area contributed by atoms with Crippen LogP contribution in [0.4, 0.5) is 0 Å². The third-order valence-electron chi connectivity index (χ3n) is 2.22. The molecule has 80 valence electrons. The molecule has 2 atom stereocenters. The molecule has 0 radical (unpaired) electrons. The Morgan fingerprint density at radius 2 is 2.43 bits per heavy atom. The van der Waals surface area contributed by atoms with Crippen LogP contribution in [0.3, 0.4) is 0 Å². The second-order valence-electron chi connectivity index (χ2n) is 3.39. The largest absolute Gasteiger partial charge is 0.333 e. The quantitative estimate of drug-likeness (QED) is 0.760. The zero-order valence-corrected chi connectivity index (χ0v) is 9.46. The summed E-state index contributed by atoms with van der Waals surface area (Å²) in [7, 11) is -0.787. The van der Waals surface area contributed by atoms with E-state index in [2.05, 4.69) is 4.98 Å². The molecule has 0 aliphatic rings. The predicted molar refractivity (Wildman–Crippen MR) is 58.5 cm³/mol. The maximum absolute atomic E-state index is 11.2. The number of rotatable bonds is 5. The zero-order chi connectivity index (χ0) is 10.6. The van der Waals surface area contributed by atoms with Crippen molar-refractivity contribution in [2.24, 2.45) is 5.73 Å². The monoisotopic (exact) mass is 215 g/mol. The molecule has 0 amide bonds. The molecular weight excluding hydrogens is 198 g/mol. The lowest BCUT2D eigenvalue weighted by Gasteiger charge is -2.11. The van der Waals surface area contributed by atoms with Gasteiger partial charge >= 0.3 is 0 Å². The zero-order valence-electron chi connectivity index (χ0n) is 8.64. The van der Waals surface area contributed by atoms with Gasteiger partial charge in [0.25, 0.3) is 0 Å². The van der Waals surface area contributed by atoms with Crippen LogP contribution in [0.25, 0.3) is 0 Å². The van der Waals surface area contributed by atoms with Gasteiger partial charge in [0.05, 0.1) is 6.33 Å². The average Bonchev–Trinajstić information content (AvgIpc) is 2.53. The lowest BCUT2D eigenvalue weighted by Crippen LogP contribution is -2.19. The molecule has 0 aliphatic heterocycles. The first-order chi connectivity index (χ1) is 6.65. The van der Waals surface area contributed by atoms with Crippen LogP contribution in [0.1, 0.15) is 12.6 Å². The molecule has 1 aromatic heterocycles. The average molecular weight is 215 g/mol. The van der Waals surface area contributed by atoms with Gasteiger partial charge in [0.15, 0.2) is 0 Å². The van der Waals surface area contributed by atoms with Gasteiger partial charge in [-0.05, 0) is 13.5 Å². The number of aromatic nitrogens is 2. The molecule has 1 aromatic rings. The highest BCUT2D eigenvalue weighted by molar-refractivity contribution is 7.84. The second kappa shape index (κ2) is 5.26. The van der Waals surface area contributed by atoms with Crippen LogP contribution in [0.15, 0.2) is 12.5 Å². The summed E-state index contributed by atoms with van der Waals surface area (Å²) < 4.78 is 13.2. The molecule has 0 spiro atoms. The highest BCUT2D eigenvalue weighted by Crippen LogP contribution is 2.04. The van der Waals surface area contributed by atoms with E-state index in [0.717, 1.165) is 18.7 Å². The van der Waals surface area contributed by atoms with Crippen molar-refractivity contribution in [2.45, 2.75) is 25.1 Å². The SMILES string of the molecule is CC(Cn1cncc1CCN)S(C)=O. The Morgan fingerprint density at radius 3 is 3.00 bits per heavy atom. The standard InChI is InChI=1S/C9H17N3OS/c1-8(14(2)13)6-12-7-11-5-9(12)3-4-10/h5,7-8H,3-4,6,10H2,1-2H3. The van der Waals surface area contributed by atoms with Crippen LogP contribution in [0.2, 0.25) is 0 Å².